The van der Waals surface area contributed by atoms with Crippen LogP contribution in [0.1, 0.15) is 68.4 Å². The van der Waals surface area contributed by atoms with E-state index >= 15 is 0 Å². The molecule has 1 aromatic carbocycles. The summed E-state index contributed by atoms with van der Waals surface area (Å²) in [5.41, 5.74) is 2.17. The molecule has 2 fully saturated rings. The molecule has 0 heterocycles. The van der Waals surface area contributed by atoms with Gasteiger partial charge in [0.1, 0.15) is 0 Å². The first-order valence-electron chi connectivity index (χ1n) is 9.36. The highest BCUT2D eigenvalue weighted by Gasteiger charge is 2.30. The Morgan fingerprint density at radius 1 is 0.792 bits per heavy atom. The first-order valence-corrected chi connectivity index (χ1v) is 9.36. The summed E-state index contributed by atoms with van der Waals surface area (Å²) < 4.78 is 0. The van der Waals surface area contributed by atoms with E-state index in [0.29, 0.717) is 11.8 Å². The zero-order valence-corrected chi connectivity index (χ0v) is 14.3. The van der Waals surface area contributed by atoms with Gasteiger partial charge in [0.15, 0.2) is 0 Å². The second-order valence-electron chi connectivity index (χ2n) is 7.51. The molecule has 0 N–H and O–H groups in total. The standard InChI is InChI=1S/C22H26N2/c23-15-1-2-17-3-7-19(8-4-17)21-11-13-22(14-12-21)20-9-5-18(16-24)6-10-20/h1-2,5-6,9-10,17,19,21-22H,3-4,7-8,11-14H2/b2-1+. The third-order valence-corrected chi connectivity index (χ3v) is 6.21. The minimum Gasteiger partial charge on any atom is -0.193 e. The van der Waals surface area contributed by atoms with E-state index < -0.39 is 0 Å². The molecule has 3 rings (SSSR count). The van der Waals surface area contributed by atoms with Crippen LogP contribution in [0.3, 0.4) is 0 Å². The van der Waals surface area contributed by atoms with E-state index in [4.69, 9.17) is 10.5 Å². The number of nitrogens with zero attached hydrogens (tertiary/aromatic N) is 2. The van der Waals surface area contributed by atoms with Crippen LogP contribution in [0.15, 0.2) is 36.4 Å². The molecule has 2 heteroatoms. The number of benzene rings is 1. The lowest BCUT2D eigenvalue weighted by Crippen LogP contribution is -2.25. The van der Waals surface area contributed by atoms with Crippen LogP contribution < -0.4 is 0 Å². The van der Waals surface area contributed by atoms with Gasteiger partial charge in [-0.15, -0.1) is 0 Å². The summed E-state index contributed by atoms with van der Waals surface area (Å²) in [6.07, 6.45) is 14.3. The lowest BCUT2D eigenvalue weighted by molar-refractivity contribution is 0.171. The van der Waals surface area contributed by atoms with Crippen LogP contribution in [0.2, 0.25) is 0 Å². The molecular formula is C22H26N2. The van der Waals surface area contributed by atoms with Gasteiger partial charge in [0, 0.05) is 6.08 Å². The molecular weight excluding hydrogens is 292 g/mol. The monoisotopic (exact) mass is 318 g/mol. The van der Waals surface area contributed by atoms with Crippen LogP contribution in [0, 0.1) is 40.4 Å². The Labute approximate surface area is 145 Å². The van der Waals surface area contributed by atoms with E-state index in [-0.39, 0.29) is 0 Å². The highest BCUT2D eigenvalue weighted by Crippen LogP contribution is 2.44. The Morgan fingerprint density at radius 3 is 1.92 bits per heavy atom. The molecule has 0 saturated heterocycles. The van der Waals surface area contributed by atoms with Crippen molar-refractivity contribution in [3.8, 4) is 12.1 Å². The molecule has 2 saturated carbocycles. The topological polar surface area (TPSA) is 47.6 Å². The van der Waals surface area contributed by atoms with Gasteiger partial charge in [0.25, 0.3) is 0 Å². The molecule has 2 nitrogen and oxygen atoms in total. The summed E-state index contributed by atoms with van der Waals surface area (Å²) in [6, 6.07) is 12.5. The predicted octanol–water partition coefficient (Wildman–Crippen LogP) is 5.72. The van der Waals surface area contributed by atoms with Crippen LogP contribution in [0.25, 0.3) is 0 Å². The van der Waals surface area contributed by atoms with Gasteiger partial charge in [-0.25, -0.2) is 0 Å². The number of hydrogen-bond donors (Lipinski definition) is 0. The normalized spacial score (nSPS) is 30.6. The Bertz CT molecular complexity index is 628. The lowest BCUT2D eigenvalue weighted by Gasteiger charge is -2.37. The SMILES string of the molecule is N#C/C=C/C1CCC(C2CCC(c3ccc(C#N)cc3)CC2)CC1. The van der Waals surface area contributed by atoms with E-state index in [9.17, 15) is 0 Å². The first kappa shape index (κ1) is 16.8. The molecule has 0 aliphatic heterocycles. The van der Waals surface area contributed by atoms with E-state index in [2.05, 4.69) is 30.3 Å². The van der Waals surface area contributed by atoms with Crippen molar-refractivity contribution in [3.63, 3.8) is 0 Å². The van der Waals surface area contributed by atoms with E-state index in [1.165, 1.54) is 56.9 Å². The van der Waals surface area contributed by atoms with Crippen molar-refractivity contribution < 1.29 is 0 Å². The molecule has 0 bridgehead atoms. The van der Waals surface area contributed by atoms with Crippen molar-refractivity contribution in [2.45, 2.75) is 57.3 Å². The van der Waals surface area contributed by atoms with Crippen molar-refractivity contribution in [1.29, 1.82) is 10.5 Å². The quantitative estimate of drug-likeness (QED) is 0.669. The Balaban J connectivity index is 1.48. The molecule has 0 unspecified atom stereocenters. The summed E-state index contributed by atoms with van der Waals surface area (Å²) >= 11 is 0. The Kier molecular flexibility index (Phi) is 5.71. The molecule has 0 atom stereocenters. The molecule has 0 aromatic heterocycles. The Hall–Kier alpha value is -2.06. The lowest BCUT2D eigenvalue weighted by atomic mass is 9.68. The maximum absolute atomic E-state index is 8.91. The van der Waals surface area contributed by atoms with Crippen LogP contribution in [-0.2, 0) is 0 Å². The van der Waals surface area contributed by atoms with Crippen molar-refractivity contribution in [3.05, 3.63) is 47.5 Å². The Morgan fingerprint density at radius 2 is 1.38 bits per heavy atom. The summed E-state index contributed by atoms with van der Waals surface area (Å²) in [6.45, 7) is 0. The van der Waals surface area contributed by atoms with Gasteiger partial charge < -0.3 is 0 Å². The number of nitriles is 2. The van der Waals surface area contributed by atoms with Crippen molar-refractivity contribution in [2.75, 3.05) is 0 Å². The maximum atomic E-state index is 8.91. The zero-order valence-electron chi connectivity index (χ0n) is 14.3. The van der Waals surface area contributed by atoms with Gasteiger partial charge >= 0.3 is 0 Å². The fourth-order valence-corrected chi connectivity index (χ4v) is 4.74. The van der Waals surface area contributed by atoms with Crippen LogP contribution in [0.5, 0.6) is 0 Å². The fourth-order valence-electron chi connectivity index (χ4n) is 4.74. The average molecular weight is 318 g/mol. The number of rotatable bonds is 3. The highest BCUT2D eigenvalue weighted by molar-refractivity contribution is 5.33. The average Bonchev–Trinajstić information content (AvgIpc) is 2.67. The molecule has 2 aliphatic rings. The third-order valence-electron chi connectivity index (χ3n) is 6.21. The van der Waals surface area contributed by atoms with Crippen LogP contribution in [-0.4, -0.2) is 0 Å². The van der Waals surface area contributed by atoms with Gasteiger partial charge in [0.05, 0.1) is 17.7 Å². The smallest absolute Gasteiger partial charge is 0.0991 e. The van der Waals surface area contributed by atoms with Crippen molar-refractivity contribution in [1.82, 2.24) is 0 Å². The van der Waals surface area contributed by atoms with Crippen molar-refractivity contribution in [2.24, 2.45) is 17.8 Å². The largest absolute Gasteiger partial charge is 0.193 e. The maximum Gasteiger partial charge on any atom is 0.0991 e. The molecule has 0 amide bonds. The second kappa shape index (κ2) is 8.16. The van der Waals surface area contributed by atoms with Crippen LogP contribution in [0.4, 0.5) is 0 Å². The highest BCUT2D eigenvalue weighted by atomic mass is 14.4. The van der Waals surface area contributed by atoms with Gasteiger partial charge in [-0.3, -0.25) is 0 Å². The van der Waals surface area contributed by atoms with Crippen LogP contribution >= 0.6 is 0 Å². The molecule has 1 aromatic rings. The molecule has 24 heavy (non-hydrogen) atoms. The summed E-state index contributed by atoms with van der Waals surface area (Å²) in [5.74, 6) is 3.12. The van der Waals surface area contributed by atoms with E-state index in [1.54, 1.807) is 6.08 Å². The molecule has 0 spiro atoms. The summed E-state index contributed by atoms with van der Waals surface area (Å²) in [4.78, 5) is 0. The van der Waals surface area contributed by atoms with E-state index in [1.807, 2.05) is 12.1 Å². The van der Waals surface area contributed by atoms with Gasteiger partial charge in [-0.05, 0) is 92.7 Å². The van der Waals surface area contributed by atoms with Gasteiger partial charge in [0.2, 0.25) is 0 Å². The summed E-state index contributed by atoms with van der Waals surface area (Å²) in [5, 5.41) is 17.6. The summed E-state index contributed by atoms with van der Waals surface area (Å²) in [7, 11) is 0. The van der Waals surface area contributed by atoms with Gasteiger partial charge in [-0.2, -0.15) is 10.5 Å². The second-order valence-corrected chi connectivity index (χ2v) is 7.51. The fraction of sp³-hybridized carbons (Fsp3) is 0.545. The minimum absolute atomic E-state index is 0.635. The first-order chi connectivity index (χ1) is 11.8. The minimum atomic E-state index is 0.635. The number of hydrogen-bond acceptors (Lipinski definition) is 2. The zero-order chi connectivity index (χ0) is 16.8. The van der Waals surface area contributed by atoms with E-state index in [0.717, 1.165) is 17.4 Å². The number of allylic oxidation sites excluding steroid dienone is 2. The molecule has 0 radical (unpaired) electrons. The molecule has 2 aliphatic carbocycles. The van der Waals surface area contributed by atoms with Gasteiger partial charge in [-0.1, -0.05) is 18.2 Å². The van der Waals surface area contributed by atoms with Crippen molar-refractivity contribution >= 4 is 0 Å². The molecule has 124 valence electrons. The third kappa shape index (κ3) is 4.07. The predicted molar refractivity (Wildman–Crippen MR) is 96.1 cm³/mol.